The summed E-state index contributed by atoms with van der Waals surface area (Å²) in [6.45, 7) is 1.55. The van der Waals surface area contributed by atoms with E-state index < -0.39 is 39.9 Å². The van der Waals surface area contributed by atoms with E-state index in [2.05, 4.69) is 5.32 Å². The number of halogens is 1. The molecule has 0 heterocycles. The zero-order valence-electron chi connectivity index (χ0n) is 9.92. The van der Waals surface area contributed by atoms with Crippen molar-refractivity contribution < 1.29 is 24.0 Å². The number of carboxylic acids is 1. The lowest BCUT2D eigenvalue weighted by Gasteiger charge is -2.12. The average Bonchev–Trinajstić information content (AvgIpc) is 2.34. The molecule has 1 aromatic rings. The molecule has 7 nitrogen and oxygen atoms in total. The third-order valence-corrected chi connectivity index (χ3v) is 2.42. The van der Waals surface area contributed by atoms with Gasteiger partial charge in [0.1, 0.15) is 11.9 Å². The Hall–Kier alpha value is -2.51. The predicted molar refractivity (Wildman–Crippen MR) is 62.2 cm³/mol. The van der Waals surface area contributed by atoms with Gasteiger partial charge in [-0.05, 0) is 12.5 Å². The molecule has 0 spiro atoms. The lowest BCUT2D eigenvalue weighted by Crippen LogP contribution is -2.40. The summed E-state index contributed by atoms with van der Waals surface area (Å²) in [6.07, 6.45) is 0.135. The second kappa shape index (κ2) is 5.89. The lowest BCUT2D eigenvalue weighted by molar-refractivity contribution is -0.385. The molecular formula is C11H11FN2O5. The van der Waals surface area contributed by atoms with Crippen molar-refractivity contribution >= 4 is 17.6 Å². The molecule has 102 valence electrons. The fraction of sp³-hybridized carbons (Fsp3) is 0.273. The SMILES string of the molecule is CCC(NC(=O)c1ccc([N+](=O)[O-])cc1F)C(=O)O. The number of carbonyl (C=O) groups is 2. The first-order valence-corrected chi connectivity index (χ1v) is 5.34. The highest BCUT2D eigenvalue weighted by Gasteiger charge is 2.21. The molecular weight excluding hydrogens is 259 g/mol. The number of nitro benzene ring substituents is 1. The number of rotatable bonds is 5. The van der Waals surface area contributed by atoms with Crippen molar-refractivity contribution in [3.8, 4) is 0 Å². The minimum Gasteiger partial charge on any atom is -0.480 e. The standard InChI is InChI=1S/C11H11FN2O5/c1-2-9(11(16)17)13-10(15)7-4-3-6(14(18)19)5-8(7)12/h3-5,9H,2H2,1H3,(H,13,15)(H,16,17). The molecule has 1 aromatic carbocycles. The Balaban J connectivity index is 2.94. The van der Waals surface area contributed by atoms with E-state index in [1.807, 2.05) is 0 Å². The van der Waals surface area contributed by atoms with Crippen molar-refractivity contribution in [2.45, 2.75) is 19.4 Å². The van der Waals surface area contributed by atoms with Gasteiger partial charge in [-0.1, -0.05) is 6.92 Å². The van der Waals surface area contributed by atoms with Crippen LogP contribution in [0.4, 0.5) is 10.1 Å². The third kappa shape index (κ3) is 3.47. The van der Waals surface area contributed by atoms with Crippen LogP contribution >= 0.6 is 0 Å². The summed E-state index contributed by atoms with van der Waals surface area (Å²) >= 11 is 0. The fourth-order valence-corrected chi connectivity index (χ4v) is 1.38. The predicted octanol–water partition coefficient (Wildman–Crippen LogP) is 1.33. The molecule has 1 atom stereocenters. The zero-order chi connectivity index (χ0) is 14.6. The Labute approximate surface area is 107 Å². The van der Waals surface area contributed by atoms with Gasteiger partial charge in [0.15, 0.2) is 0 Å². The van der Waals surface area contributed by atoms with Crippen LogP contribution in [0.25, 0.3) is 0 Å². The molecule has 0 fully saturated rings. The Morgan fingerprint density at radius 3 is 2.58 bits per heavy atom. The van der Waals surface area contributed by atoms with Crippen molar-refractivity contribution in [2.24, 2.45) is 0 Å². The number of nitrogens with one attached hydrogen (secondary N) is 1. The fourth-order valence-electron chi connectivity index (χ4n) is 1.38. The van der Waals surface area contributed by atoms with Crippen LogP contribution in [0.5, 0.6) is 0 Å². The summed E-state index contributed by atoms with van der Waals surface area (Å²) in [4.78, 5) is 32.0. The van der Waals surface area contributed by atoms with Crippen LogP contribution in [0.3, 0.4) is 0 Å². The molecule has 0 aliphatic heterocycles. The smallest absolute Gasteiger partial charge is 0.326 e. The average molecular weight is 270 g/mol. The van der Waals surface area contributed by atoms with Gasteiger partial charge in [0.2, 0.25) is 0 Å². The largest absolute Gasteiger partial charge is 0.480 e. The van der Waals surface area contributed by atoms with Crippen molar-refractivity contribution in [3.63, 3.8) is 0 Å². The molecule has 1 rings (SSSR count). The van der Waals surface area contributed by atoms with Gasteiger partial charge in [0, 0.05) is 6.07 Å². The van der Waals surface area contributed by atoms with E-state index in [4.69, 9.17) is 5.11 Å². The van der Waals surface area contributed by atoms with Gasteiger partial charge < -0.3 is 10.4 Å². The second-order valence-electron chi connectivity index (χ2n) is 3.69. The van der Waals surface area contributed by atoms with Crippen molar-refractivity contribution in [1.29, 1.82) is 0 Å². The minimum atomic E-state index is -1.24. The monoisotopic (exact) mass is 270 g/mol. The Kier molecular flexibility index (Phi) is 4.51. The quantitative estimate of drug-likeness (QED) is 0.619. The number of carboxylic acid groups (broad SMARTS) is 1. The highest BCUT2D eigenvalue weighted by atomic mass is 19.1. The van der Waals surface area contributed by atoms with Gasteiger partial charge in [-0.15, -0.1) is 0 Å². The van der Waals surface area contributed by atoms with Gasteiger partial charge in [0.05, 0.1) is 16.6 Å². The number of nitrogens with zero attached hydrogens (tertiary/aromatic N) is 1. The number of benzene rings is 1. The highest BCUT2D eigenvalue weighted by Crippen LogP contribution is 2.16. The maximum Gasteiger partial charge on any atom is 0.326 e. The normalized spacial score (nSPS) is 11.7. The molecule has 1 unspecified atom stereocenters. The van der Waals surface area contributed by atoms with Gasteiger partial charge >= 0.3 is 5.97 Å². The second-order valence-corrected chi connectivity index (χ2v) is 3.69. The summed E-state index contributed by atoms with van der Waals surface area (Å²) in [6, 6.07) is 1.38. The minimum absolute atomic E-state index is 0.135. The molecule has 2 N–H and O–H groups in total. The Morgan fingerprint density at radius 2 is 2.16 bits per heavy atom. The highest BCUT2D eigenvalue weighted by molar-refractivity contribution is 5.97. The molecule has 0 radical (unpaired) electrons. The van der Waals surface area contributed by atoms with Crippen LogP contribution in [-0.2, 0) is 4.79 Å². The molecule has 0 saturated carbocycles. The number of hydrogen-bond donors (Lipinski definition) is 2. The van der Waals surface area contributed by atoms with E-state index in [1.54, 1.807) is 6.92 Å². The van der Waals surface area contributed by atoms with E-state index >= 15 is 0 Å². The van der Waals surface area contributed by atoms with Crippen LogP contribution in [0.2, 0.25) is 0 Å². The molecule has 0 saturated heterocycles. The molecule has 0 aliphatic carbocycles. The van der Waals surface area contributed by atoms with E-state index in [9.17, 15) is 24.1 Å². The first-order valence-electron chi connectivity index (χ1n) is 5.34. The maximum absolute atomic E-state index is 13.5. The number of amides is 1. The van der Waals surface area contributed by atoms with E-state index in [0.29, 0.717) is 6.07 Å². The van der Waals surface area contributed by atoms with Crippen LogP contribution < -0.4 is 5.32 Å². The molecule has 1 amide bonds. The maximum atomic E-state index is 13.5. The number of aliphatic carboxylic acids is 1. The van der Waals surface area contributed by atoms with Crippen LogP contribution in [0.1, 0.15) is 23.7 Å². The number of nitro groups is 1. The Morgan fingerprint density at radius 1 is 1.53 bits per heavy atom. The summed E-state index contributed by atoms with van der Waals surface area (Å²) in [5.74, 6) is -3.24. The van der Waals surface area contributed by atoms with E-state index in [-0.39, 0.29) is 6.42 Å². The zero-order valence-corrected chi connectivity index (χ0v) is 9.92. The first kappa shape index (κ1) is 14.6. The molecule has 0 aromatic heterocycles. The molecule has 19 heavy (non-hydrogen) atoms. The summed E-state index contributed by atoms with van der Waals surface area (Å²) in [7, 11) is 0. The number of hydrogen-bond acceptors (Lipinski definition) is 4. The van der Waals surface area contributed by atoms with Crippen molar-refractivity contribution in [1.82, 2.24) is 5.32 Å². The molecule has 8 heteroatoms. The third-order valence-electron chi connectivity index (χ3n) is 2.42. The van der Waals surface area contributed by atoms with Crippen LogP contribution in [0.15, 0.2) is 18.2 Å². The molecule has 0 bridgehead atoms. The van der Waals surface area contributed by atoms with Crippen molar-refractivity contribution in [2.75, 3.05) is 0 Å². The van der Waals surface area contributed by atoms with Gasteiger partial charge in [-0.25, -0.2) is 9.18 Å². The van der Waals surface area contributed by atoms with Crippen LogP contribution in [0, 0.1) is 15.9 Å². The molecule has 0 aliphatic rings. The van der Waals surface area contributed by atoms with Gasteiger partial charge in [-0.2, -0.15) is 0 Å². The topological polar surface area (TPSA) is 110 Å². The first-order chi connectivity index (χ1) is 8.86. The van der Waals surface area contributed by atoms with Gasteiger partial charge in [-0.3, -0.25) is 14.9 Å². The summed E-state index contributed by atoms with van der Waals surface area (Å²) < 4.78 is 13.5. The van der Waals surface area contributed by atoms with E-state index in [1.165, 1.54) is 0 Å². The number of carbonyl (C=O) groups excluding carboxylic acids is 1. The summed E-state index contributed by atoms with van der Waals surface area (Å²) in [5, 5.41) is 21.3. The van der Waals surface area contributed by atoms with Gasteiger partial charge in [0.25, 0.3) is 11.6 Å². The van der Waals surface area contributed by atoms with E-state index in [0.717, 1.165) is 12.1 Å². The Bertz CT molecular complexity index is 532. The van der Waals surface area contributed by atoms with Crippen LogP contribution in [-0.4, -0.2) is 27.9 Å². The summed E-state index contributed by atoms with van der Waals surface area (Å²) in [5.41, 5.74) is -0.926. The number of non-ortho nitro benzene ring substituents is 1. The van der Waals surface area contributed by atoms with Crippen molar-refractivity contribution in [3.05, 3.63) is 39.7 Å². The lowest BCUT2D eigenvalue weighted by atomic mass is 10.1.